The maximum atomic E-state index is 9.23. The van der Waals surface area contributed by atoms with Crippen molar-refractivity contribution in [3.8, 4) is 0 Å². The molecule has 0 aliphatic carbocycles. The van der Waals surface area contributed by atoms with E-state index in [1.807, 2.05) is 30.3 Å². The first-order chi connectivity index (χ1) is 7.66. The van der Waals surface area contributed by atoms with Crippen LogP contribution in [0, 0.1) is 0 Å². The fraction of sp³-hybridized carbons (Fsp3) is 0.455. The van der Waals surface area contributed by atoms with Crippen LogP contribution in [0.4, 0.5) is 5.82 Å². The number of hydrogen-bond acceptors (Lipinski definition) is 4. The second kappa shape index (κ2) is 4.49. The third-order valence-electron chi connectivity index (χ3n) is 2.52. The summed E-state index contributed by atoms with van der Waals surface area (Å²) in [5.74, 6) is 0.897. The molecule has 0 bridgehead atoms. The summed E-state index contributed by atoms with van der Waals surface area (Å²) in [6.45, 7) is 2.58. The molecule has 0 aromatic carbocycles. The van der Waals surface area contributed by atoms with E-state index in [-0.39, 0.29) is 6.10 Å². The monoisotopic (exact) mass is 220 g/mol. The second-order valence-corrected chi connectivity index (χ2v) is 3.98. The highest BCUT2D eigenvalue weighted by atomic mass is 16.3. The zero-order chi connectivity index (χ0) is 11.5. The topological polar surface area (TPSA) is 53.7 Å². The summed E-state index contributed by atoms with van der Waals surface area (Å²) in [6, 6.07) is 3.79. The van der Waals surface area contributed by atoms with Gasteiger partial charge in [0.05, 0.1) is 12.3 Å². The average molecular weight is 220 g/mol. The van der Waals surface area contributed by atoms with Gasteiger partial charge in [0, 0.05) is 25.9 Å². The molecule has 0 radical (unpaired) electrons. The molecular formula is C11H16N4O. The molecule has 1 atom stereocenters. The standard InChI is InChI=1S/C11H16N4O/c1-9(16)4-7-14(2)10-5-8-15-11(13-10)3-6-12-15/h3,5-6,8-9,16H,4,7H2,1-2H3. The molecule has 0 amide bonds. The molecule has 16 heavy (non-hydrogen) atoms. The minimum Gasteiger partial charge on any atom is -0.393 e. The van der Waals surface area contributed by atoms with E-state index in [1.165, 1.54) is 0 Å². The van der Waals surface area contributed by atoms with Crippen LogP contribution >= 0.6 is 0 Å². The average Bonchev–Trinajstić information content (AvgIpc) is 2.72. The molecule has 2 heterocycles. The molecule has 0 saturated carbocycles. The van der Waals surface area contributed by atoms with Gasteiger partial charge >= 0.3 is 0 Å². The highest BCUT2D eigenvalue weighted by Crippen LogP contribution is 2.10. The fourth-order valence-electron chi connectivity index (χ4n) is 1.51. The van der Waals surface area contributed by atoms with E-state index < -0.39 is 0 Å². The number of aliphatic hydroxyl groups excluding tert-OH is 1. The number of aliphatic hydroxyl groups is 1. The van der Waals surface area contributed by atoms with E-state index in [0.717, 1.165) is 24.4 Å². The lowest BCUT2D eigenvalue weighted by atomic mass is 10.3. The van der Waals surface area contributed by atoms with Crippen LogP contribution in [0.15, 0.2) is 24.5 Å². The van der Waals surface area contributed by atoms with Crippen molar-refractivity contribution < 1.29 is 5.11 Å². The first kappa shape index (κ1) is 10.9. The van der Waals surface area contributed by atoms with Gasteiger partial charge in [-0.2, -0.15) is 5.10 Å². The van der Waals surface area contributed by atoms with Gasteiger partial charge < -0.3 is 10.0 Å². The molecule has 2 aromatic rings. The number of aromatic nitrogens is 3. The SMILES string of the molecule is CC(O)CCN(C)c1ccn2nccc2n1. The molecular weight excluding hydrogens is 204 g/mol. The van der Waals surface area contributed by atoms with E-state index in [2.05, 4.69) is 10.1 Å². The van der Waals surface area contributed by atoms with Crippen LogP contribution in [-0.2, 0) is 0 Å². The molecule has 0 spiro atoms. The second-order valence-electron chi connectivity index (χ2n) is 3.98. The number of fused-ring (bicyclic) bond motifs is 1. The number of anilines is 1. The maximum Gasteiger partial charge on any atom is 0.157 e. The number of rotatable bonds is 4. The van der Waals surface area contributed by atoms with Crippen molar-refractivity contribution in [2.24, 2.45) is 0 Å². The van der Waals surface area contributed by atoms with E-state index in [4.69, 9.17) is 0 Å². The molecule has 2 rings (SSSR count). The van der Waals surface area contributed by atoms with Gasteiger partial charge in [0.1, 0.15) is 5.82 Å². The van der Waals surface area contributed by atoms with Crippen molar-refractivity contribution in [1.29, 1.82) is 0 Å². The van der Waals surface area contributed by atoms with Crippen LogP contribution in [0.5, 0.6) is 0 Å². The van der Waals surface area contributed by atoms with Gasteiger partial charge in [0.2, 0.25) is 0 Å². The van der Waals surface area contributed by atoms with Gasteiger partial charge in [-0.15, -0.1) is 0 Å². The molecule has 0 fully saturated rings. The Balaban J connectivity index is 2.12. The molecule has 1 N–H and O–H groups in total. The Labute approximate surface area is 94.3 Å². The molecule has 5 heteroatoms. The van der Waals surface area contributed by atoms with Crippen molar-refractivity contribution in [1.82, 2.24) is 14.6 Å². The zero-order valence-corrected chi connectivity index (χ0v) is 9.54. The lowest BCUT2D eigenvalue weighted by Gasteiger charge is -2.18. The Kier molecular flexibility index (Phi) is 3.05. The molecule has 0 saturated heterocycles. The van der Waals surface area contributed by atoms with Crippen LogP contribution in [0.25, 0.3) is 5.65 Å². The van der Waals surface area contributed by atoms with Gasteiger partial charge in [-0.05, 0) is 19.4 Å². The lowest BCUT2D eigenvalue weighted by molar-refractivity contribution is 0.187. The molecule has 0 aliphatic rings. The van der Waals surface area contributed by atoms with Gasteiger partial charge in [-0.1, -0.05) is 0 Å². The summed E-state index contributed by atoms with van der Waals surface area (Å²) >= 11 is 0. The summed E-state index contributed by atoms with van der Waals surface area (Å²) in [7, 11) is 1.97. The summed E-state index contributed by atoms with van der Waals surface area (Å²) in [5, 5.41) is 13.3. The fourth-order valence-corrected chi connectivity index (χ4v) is 1.51. The maximum absolute atomic E-state index is 9.23. The van der Waals surface area contributed by atoms with Gasteiger partial charge in [0.15, 0.2) is 5.65 Å². The first-order valence-electron chi connectivity index (χ1n) is 5.36. The van der Waals surface area contributed by atoms with Crippen LogP contribution in [0.1, 0.15) is 13.3 Å². The van der Waals surface area contributed by atoms with Gasteiger partial charge in [-0.3, -0.25) is 0 Å². The quantitative estimate of drug-likeness (QED) is 0.833. The Morgan fingerprint density at radius 3 is 3.06 bits per heavy atom. The Morgan fingerprint density at radius 1 is 1.50 bits per heavy atom. The number of hydrogen-bond donors (Lipinski definition) is 1. The zero-order valence-electron chi connectivity index (χ0n) is 9.54. The van der Waals surface area contributed by atoms with Gasteiger partial charge in [-0.25, -0.2) is 9.50 Å². The molecule has 86 valence electrons. The predicted molar refractivity (Wildman–Crippen MR) is 62.6 cm³/mol. The molecule has 0 aliphatic heterocycles. The normalized spacial score (nSPS) is 12.9. The largest absolute Gasteiger partial charge is 0.393 e. The minimum atomic E-state index is -0.277. The first-order valence-corrected chi connectivity index (χ1v) is 5.36. The lowest BCUT2D eigenvalue weighted by Crippen LogP contribution is -2.22. The van der Waals surface area contributed by atoms with Crippen molar-refractivity contribution in [2.45, 2.75) is 19.4 Å². The summed E-state index contributed by atoms with van der Waals surface area (Å²) < 4.78 is 1.73. The van der Waals surface area contributed by atoms with Crippen molar-refractivity contribution >= 4 is 11.5 Å². The van der Waals surface area contributed by atoms with E-state index in [0.29, 0.717) is 0 Å². The van der Waals surface area contributed by atoms with Crippen LogP contribution in [0.3, 0.4) is 0 Å². The summed E-state index contributed by atoms with van der Waals surface area (Å²) in [6.07, 6.45) is 4.07. The molecule has 2 aromatic heterocycles. The summed E-state index contributed by atoms with van der Waals surface area (Å²) in [4.78, 5) is 6.49. The third-order valence-corrected chi connectivity index (χ3v) is 2.52. The highest BCUT2D eigenvalue weighted by molar-refractivity contribution is 5.46. The van der Waals surface area contributed by atoms with Crippen molar-refractivity contribution in [3.05, 3.63) is 24.5 Å². The Morgan fingerprint density at radius 2 is 2.31 bits per heavy atom. The van der Waals surface area contributed by atoms with E-state index >= 15 is 0 Å². The molecule has 5 nitrogen and oxygen atoms in total. The van der Waals surface area contributed by atoms with Crippen molar-refractivity contribution in [3.63, 3.8) is 0 Å². The van der Waals surface area contributed by atoms with Crippen molar-refractivity contribution in [2.75, 3.05) is 18.5 Å². The predicted octanol–water partition coefficient (Wildman–Crippen LogP) is 0.936. The number of nitrogens with zero attached hydrogens (tertiary/aromatic N) is 4. The van der Waals surface area contributed by atoms with Crippen LogP contribution in [-0.4, -0.2) is 39.4 Å². The third kappa shape index (κ3) is 2.30. The smallest absolute Gasteiger partial charge is 0.157 e. The van der Waals surface area contributed by atoms with E-state index in [9.17, 15) is 5.11 Å². The van der Waals surface area contributed by atoms with E-state index in [1.54, 1.807) is 17.6 Å². The molecule has 1 unspecified atom stereocenters. The van der Waals surface area contributed by atoms with Crippen LogP contribution in [0.2, 0.25) is 0 Å². The van der Waals surface area contributed by atoms with Gasteiger partial charge in [0.25, 0.3) is 0 Å². The van der Waals surface area contributed by atoms with Crippen LogP contribution < -0.4 is 4.90 Å². The highest BCUT2D eigenvalue weighted by Gasteiger charge is 2.05. The minimum absolute atomic E-state index is 0.277. The Bertz CT molecular complexity index is 466. The summed E-state index contributed by atoms with van der Waals surface area (Å²) in [5.41, 5.74) is 0.835. The Hall–Kier alpha value is -1.62.